The molecule has 0 aliphatic carbocycles. The van der Waals surface area contributed by atoms with Crippen molar-refractivity contribution < 1.29 is 22.7 Å². The summed E-state index contributed by atoms with van der Waals surface area (Å²) in [6.07, 6.45) is 3.03. The van der Waals surface area contributed by atoms with Crippen LogP contribution >= 0.6 is 0 Å². The molecule has 0 radical (unpaired) electrons. The van der Waals surface area contributed by atoms with E-state index in [9.17, 15) is 13.2 Å². The monoisotopic (exact) mass is 360 g/mol. The first-order valence-electron chi connectivity index (χ1n) is 7.40. The lowest BCUT2D eigenvalue weighted by Crippen LogP contribution is -2.18. The van der Waals surface area contributed by atoms with Crippen LogP contribution in [-0.4, -0.2) is 28.2 Å². The second-order valence-corrected chi connectivity index (χ2v) is 7.05. The molecule has 0 saturated heterocycles. The molecule has 0 spiro atoms. The summed E-state index contributed by atoms with van der Waals surface area (Å²) in [5.41, 5.74) is 1.30. The summed E-state index contributed by atoms with van der Waals surface area (Å²) in [5.74, 6) is 0.990. The number of anilines is 1. The van der Waals surface area contributed by atoms with Gasteiger partial charge < -0.3 is 14.8 Å². The topological polar surface area (TPSA) is 93.7 Å². The molecule has 0 bridgehead atoms. The lowest BCUT2D eigenvalue weighted by Gasteiger charge is -2.05. The SMILES string of the molecule is CNS(=O)(=O)c1ccc(NC(=O)/C=C/c2ccc3c(c2)OCO3)cc1. The van der Waals surface area contributed by atoms with E-state index in [1.54, 1.807) is 18.2 Å². The molecule has 3 rings (SSSR count). The number of hydrogen-bond acceptors (Lipinski definition) is 5. The van der Waals surface area contributed by atoms with Crippen LogP contribution in [0.25, 0.3) is 6.08 Å². The van der Waals surface area contributed by atoms with Crippen molar-refractivity contribution in [3.8, 4) is 11.5 Å². The van der Waals surface area contributed by atoms with E-state index in [2.05, 4.69) is 10.0 Å². The maximum absolute atomic E-state index is 12.0. The molecule has 0 fully saturated rings. The Morgan fingerprint density at radius 1 is 1.08 bits per heavy atom. The van der Waals surface area contributed by atoms with Crippen molar-refractivity contribution in [3.63, 3.8) is 0 Å². The molecule has 1 heterocycles. The molecule has 0 saturated carbocycles. The summed E-state index contributed by atoms with van der Waals surface area (Å²) in [6, 6.07) is 11.3. The first-order valence-corrected chi connectivity index (χ1v) is 8.88. The highest BCUT2D eigenvalue weighted by Gasteiger charge is 2.12. The normalized spacial score (nSPS) is 13.2. The van der Waals surface area contributed by atoms with Gasteiger partial charge in [-0.25, -0.2) is 13.1 Å². The summed E-state index contributed by atoms with van der Waals surface area (Å²) < 4.78 is 36.0. The number of carbonyl (C=O) groups excluding carboxylic acids is 1. The Kier molecular flexibility index (Phi) is 4.73. The molecule has 7 nitrogen and oxygen atoms in total. The van der Waals surface area contributed by atoms with Crippen molar-refractivity contribution in [2.75, 3.05) is 19.2 Å². The largest absolute Gasteiger partial charge is 0.454 e. The molecule has 0 atom stereocenters. The van der Waals surface area contributed by atoms with Gasteiger partial charge in [-0.05, 0) is 55.1 Å². The van der Waals surface area contributed by atoms with Gasteiger partial charge in [0.2, 0.25) is 22.7 Å². The number of ether oxygens (including phenoxy) is 2. The minimum Gasteiger partial charge on any atom is -0.454 e. The highest BCUT2D eigenvalue weighted by molar-refractivity contribution is 7.89. The van der Waals surface area contributed by atoms with Gasteiger partial charge in [-0.2, -0.15) is 0 Å². The van der Waals surface area contributed by atoms with Crippen LogP contribution in [0.4, 0.5) is 5.69 Å². The van der Waals surface area contributed by atoms with Crippen molar-refractivity contribution in [3.05, 3.63) is 54.1 Å². The third-order valence-corrected chi connectivity index (χ3v) is 4.95. The van der Waals surface area contributed by atoms with E-state index in [1.807, 2.05) is 6.07 Å². The van der Waals surface area contributed by atoms with Gasteiger partial charge in [0.15, 0.2) is 11.5 Å². The number of amides is 1. The van der Waals surface area contributed by atoms with Gasteiger partial charge >= 0.3 is 0 Å². The van der Waals surface area contributed by atoms with Gasteiger partial charge in [0.25, 0.3) is 0 Å². The summed E-state index contributed by atoms with van der Waals surface area (Å²) in [5, 5.41) is 2.66. The molecule has 1 amide bonds. The van der Waals surface area contributed by atoms with E-state index in [1.165, 1.54) is 37.4 Å². The van der Waals surface area contributed by atoms with E-state index in [0.717, 1.165) is 5.56 Å². The number of rotatable bonds is 5. The van der Waals surface area contributed by atoms with Gasteiger partial charge in [-0.1, -0.05) is 6.07 Å². The van der Waals surface area contributed by atoms with Gasteiger partial charge in [-0.3, -0.25) is 4.79 Å². The minimum absolute atomic E-state index is 0.129. The molecule has 0 unspecified atom stereocenters. The maximum Gasteiger partial charge on any atom is 0.248 e. The number of fused-ring (bicyclic) bond motifs is 1. The van der Waals surface area contributed by atoms with Gasteiger partial charge in [0, 0.05) is 11.8 Å². The zero-order valence-corrected chi connectivity index (χ0v) is 14.2. The highest BCUT2D eigenvalue weighted by Crippen LogP contribution is 2.32. The van der Waals surface area contributed by atoms with Crippen LogP contribution in [0.3, 0.4) is 0 Å². The van der Waals surface area contributed by atoms with Crippen LogP contribution in [0, 0.1) is 0 Å². The van der Waals surface area contributed by atoms with Crippen molar-refractivity contribution in [1.82, 2.24) is 4.72 Å². The molecule has 1 aliphatic rings. The second-order valence-electron chi connectivity index (χ2n) is 5.17. The fourth-order valence-electron chi connectivity index (χ4n) is 2.21. The molecule has 130 valence electrons. The summed E-state index contributed by atoms with van der Waals surface area (Å²) in [7, 11) is -2.15. The Morgan fingerprint density at radius 3 is 2.52 bits per heavy atom. The van der Waals surface area contributed by atoms with Crippen LogP contribution in [-0.2, 0) is 14.8 Å². The quantitative estimate of drug-likeness (QED) is 0.795. The number of nitrogens with one attached hydrogen (secondary N) is 2. The molecule has 0 aromatic heterocycles. The average molecular weight is 360 g/mol. The van der Waals surface area contributed by atoms with Crippen LogP contribution in [0.5, 0.6) is 11.5 Å². The van der Waals surface area contributed by atoms with E-state index in [4.69, 9.17) is 9.47 Å². The summed E-state index contributed by atoms with van der Waals surface area (Å²) in [6.45, 7) is 0.197. The summed E-state index contributed by atoms with van der Waals surface area (Å²) in [4.78, 5) is 12.1. The van der Waals surface area contributed by atoms with E-state index >= 15 is 0 Å². The Morgan fingerprint density at radius 2 is 1.80 bits per heavy atom. The van der Waals surface area contributed by atoms with Crippen molar-refractivity contribution >= 4 is 27.7 Å². The predicted molar refractivity (Wildman–Crippen MR) is 92.9 cm³/mol. The molecular formula is C17H16N2O5S. The van der Waals surface area contributed by atoms with Gasteiger partial charge in [0.1, 0.15) is 0 Å². The Bertz CT molecular complexity index is 921. The van der Waals surface area contributed by atoms with Gasteiger partial charge in [0.05, 0.1) is 4.90 Å². The zero-order chi connectivity index (χ0) is 17.9. The maximum atomic E-state index is 12.0. The molecule has 1 aliphatic heterocycles. The Balaban J connectivity index is 1.64. The third-order valence-electron chi connectivity index (χ3n) is 3.52. The molecule has 2 N–H and O–H groups in total. The van der Waals surface area contributed by atoms with Gasteiger partial charge in [-0.15, -0.1) is 0 Å². The van der Waals surface area contributed by atoms with E-state index < -0.39 is 10.0 Å². The van der Waals surface area contributed by atoms with Crippen LogP contribution in [0.1, 0.15) is 5.56 Å². The van der Waals surface area contributed by atoms with Crippen molar-refractivity contribution in [2.45, 2.75) is 4.90 Å². The fourth-order valence-corrected chi connectivity index (χ4v) is 2.94. The molecule has 2 aromatic carbocycles. The van der Waals surface area contributed by atoms with Crippen LogP contribution < -0.4 is 19.5 Å². The Labute approximate surface area is 145 Å². The predicted octanol–water partition coefficient (Wildman–Crippen LogP) is 1.98. The molecular weight excluding hydrogens is 344 g/mol. The van der Waals surface area contributed by atoms with Crippen molar-refractivity contribution in [1.29, 1.82) is 0 Å². The zero-order valence-electron chi connectivity index (χ0n) is 13.4. The van der Waals surface area contributed by atoms with Crippen LogP contribution in [0.15, 0.2) is 53.4 Å². The lowest BCUT2D eigenvalue weighted by molar-refractivity contribution is -0.111. The molecule has 8 heteroatoms. The number of carbonyl (C=O) groups is 1. The molecule has 2 aromatic rings. The van der Waals surface area contributed by atoms with E-state index in [0.29, 0.717) is 17.2 Å². The standard InChI is InChI=1S/C17H16N2O5S/c1-18-25(21,22)14-6-4-13(5-7-14)19-17(20)9-3-12-2-8-15-16(10-12)24-11-23-15/h2-10,18H,11H2,1H3,(H,19,20)/b9-3+. The highest BCUT2D eigenvalue weighted by atomic mass is 32.2. The first-order chi connectivity index (χ1) is 12.0. The smallest absolute Gasteiger partial charge is 0.248 e. The van der Waals surface area contributed by atoms with Crippen molar-refractivity contribution in [2.24, 2.45) is 0 Å². The fraction of sp³-hybridized carbons (Fsp3) is 0.118. The second kappa shape index (κ2) is 6.96. The Hall–Kier alpha value is -2.84. The molecule has 25 heavy (non-hydrogen) atoms. The average Bonchev–Trinajstić information content (AvgIpc) is 3.08. The van der Waals surface area contributed by atoms with E-state index in [-0.39, 0.29) is 17.6 Å². The third kappa shape index (κ3) is 3.98. The summed E-state index contributed by atoms with van der Waals surface area (Å²) >= 11 is 0. The van der Waals surface area contributed by atoms with Crippen LogP contribution in [0.2, 0.25) is 0 Å². The lowest BCUT2D eigenvalue weighted by atomic mass is 10.2. The number of benzene rings is 2. The number of hydrogen-bond donors (Lipinski definition) is 2. The minimum atomic E-state index is -3.49. The first kappa shape index (κ1) is 17.0. The number of sulfonamides is 1.